The standard InChI is InChI=1S/C13H15F3N2O2/c1-8(3-2-6-13(14,15)16)17-9-4-5-11-10(7-9)18-12(19)20-11/h4-5,7-8,17H,2-3,6H2,1H3,(H,18,19). The van der Waals surface area contributed by atoms with Gasteiger partial charge in [-0.15, -0.1) is 0 Å². The van der Waals surface area contributed by atoms with Crippen molar-refractivity contribution in [2.45, 2.75) is 38.4 Å². The van der Waals surface area contributed by atoms with Crippen molar-refractivity contribution in [3.63, 3.8) is 0 Å². The highest BCUT2D eigenvalue weighted by atomic mass is 19.4. The fraction of sp³-hybridized carbons (Fsp3) is 0.462. The number of hydrogen-bond donors (Lipinski definition) is 2. The number of oxazole rings is 1. The number of benzene rings is 1. The zero-order valence-electron chi connectivity index (χ0n) is 10.9. The van der Waals surface area contributed by atoms with Crippen molar-refractivity contribution in [2.24, 2.45) is 0 Å². The monoisotopic (exact) mass is 288 g/mol. The molecule has 0 aliphatic heterocycles. The van der Waals surface area contributed by atoms with Gasteiger partial charge in [-0.1, -0.05) is 0 Å². The minimum Gasteiger partial charge on any atom is -0.408 e. The molecule has 0 radical (unpaired) electrons. The minimum atomic E-state index is -4.10. The molecule has 0 bridgehead atoms. The summed E-state index contributed by atoms with van der Waals surface area (Å²) in [5.74, 6) is -0.532. The highest BCUT2D eigenvalue weighted by Gasteiger charge is 2.26. The Morgan fingerprint density at radius 2 is 2.15 bits per heavy atom. The van der Waals surface area contributed by atoms with Crippen LogP contribution in [0.1, 0.15) is 26.2 Å². The summed E-state index contributed by atoms with van der Waals surface area (Å²) in [7, 11) is 0. The topological polar surface area (TPSA) is 58.0 Å². The summed E-state index contributed by atoms with van der Waals surface area (Å²) < 4.78 is 41.0. The second kappa shape index (κ2) is 5.60. The molecule has 2 rings (SSSR count). The SMILES string of the molecule is CC(CCCC(F)(F)F)Nc1ccc2oc(=O)[nH]c2c1. The summed E-state index contributed by atoms with van der Waals surface area (Å²) in [6.45, 7) is 1.82. The number of fused-ring (bicyclic) bond motifs is 1. The Kier molecular flexibility index (Phi) is 4.06. The van der Waals surface area contributed by atoms with Crippen LogP contribution in [0.25, 0.3) is 11.1 Å². The van der Waals surface area contributed by atoms with Gasteiger partial charge in [0.05, 0.1) is 5.52 Å². The fourth-order valence-electron chi connectivity index (χ4n) is 2.01. The Balaban J connectivity index is 1.92. The zero-order chi connectivity index (χ0) is 14.8. The first-order valence-corrected chi connectivity index (χ1v) is 6.30. The molecule has 0 amide bonds. The van der Waals surface area contributed by atoms with E-state index in [1.165, 1.54) is 0 Å². The predicted octanol–water partition coefficient (Wildman–Crippen LogP) is 3.65. The van der Waals surface area contributed by atoms with E-state index in [0.717, 1.165) is 5.69 Å². The zero-order valence-corrected chi connectivity index (χ0v) is 10.9. The summed E-state index contributed by atoms with van der Waals surface area (Å²) in [5, 5.41) is 3.10. The van der Waals surface area contributed by atoms with Crippen LogP contribution in [-0.4, -0.2) is 17.2 Å². The molecule has 7 heteroatoms. The van der Waals surface area contributed by atoms with Gasteiger partial charge in [-0.05, 0) is 38.0 Å². The molecule has 0 aliphatic rings. The molecule has 0 fully saturated rings. The molecule has 1 heterocycles. The van der Waals surface area contributed by atoms with Gasteiger partial charge in [0.25, 0.3) is 0 Å². The smallest absolute Gasteiger partial charge is 0.408 e. The molecular formula is C13H15F3N2O2. The number of aromatic nitrogens is 1. The second-order valence-electron chi connectivity index (χ2n) is 4.78. The third-order valence-corrected chi connectivity index (χ3v) is 2.93. The molecule has 1 aromatic carbocycles. The van der Waals surface area contributed by atoms with Crippen molar-refractivity contribution >= 4 is 16.8 Å². The van der Waals surface area contributed by atoms with Crippen LogP contribution in [0, 0.1) is 0 Å². The van der Waals surface area contributed by atoms with Crippen molar-refractivity contribution in [1.82, 2.24) is 4.98 Å². The van der Waals surface area contributed by atoms with Gasteiger partial charge in [-0.2, -0.15) is 13.2 Å². The third kappa shape index (κ3) is 4.04. The van der Waals surface area contributed by atoms with Crippen LogP contribution in [0.15, 0.2) is 27.4 Å². The van der Waals surface area contributed by atoms with E-state index in [4.69, 9.17) is 4.42 Å². The van der Waals surface area contributed by atoms with Crippen molar-refractivity contribution in [1.29, 1.82) is 0 Å². The summed E-state index contributed by atoms with van der Waals surface area (Å²) in [4.78, 5) is 13.5. The van der Waals surface area contributed by atoms with Crippen molar-refractivity contribution in [3.8, 4) is 0 Å². The summed E-state index contributed by atoms with van der Waals surface area (Å²) in [5.41, 5.74) is 1.74. The number of nitrogens with one attached hydrogen (secondary N) is 2. The van der Waals surface area contributed by atoms with Crippen molar-refractivity contribution in [2.75, 3.05) is 5.32 Å². The molecule has 0 aliphatic carbocycles. The lowest BCUT2D eigenvalue weighted by atomic mass is 10.1. The average molecular weight is 288 g/mol. The highest BCUT2D eigenvalue weighted by molar-refractivity contribution is 5.76. The molecule has 0 spiro atoms. The van der Waals surface area contributed by atoms with Gasteiger partial charge in [-0.25, -0.2) is 4.79 Å². The first-order valence-electron chi connectivity index (χ1n) is 6.30. The van der Waals surface area contributed by atoms with Crippen LogP contribution in [0.5, 0.6) is 0 Å². The van der Waals surface area contributed by atoms with Crippen molar-refractivity contribution < 1.29 is 17.6 Å². The van der Waals surface area contributed by atoms with Crippen molar-refractivity contribution in [3.05, 3.63) is 28.7 Å². The fourth-order valence-corrected chi connectivity index (χ4v) is 2.01. The molecule has 2 aromatic rings. The summed E-state index contributed by atoms with van der Waals surface area (Å²) >= 11 is 0. The van der Waals surface area contributed by atoms with Crippen LogP contribution in [0.3, 0.4) is 0 Å². The Bertz CT molecular complexity index is 630. The Morgan fingerprint density at radius 3 is 2.85 bits per heavy atom. The van der Waals surface area contributed by atoms with E-state index in [0.29, 0.717) is 17.5 Å². The van der Waals surface area contributed by atoms with E-state index < -0.39 is 18.4 Å². The van der Waals surface area contributed by atoms with Crippen LogP contribution in [0.4, 0.5) is 18.9 Å². The van der Waals surface area contributed by atoms with Crippen LogP contribution in [0.2, 0.25) is 0 Å². The van der Waals surface area contributed by atoms with Gasteiger partial charge in [0.1, 0.15) is 0 Å². The van der Waals surface area contributed by atoms with Gasteiger partial charge < -0.3 is 9.73 Å². The Morgan fingerprint density at radius 1 is 1.40 bits per heavy atom. The van der Waals surface area contributed by atoms with E-state index in [2.05, 4.69) is 10.3 Å². The maximum absolute atomic E-state index is 12.0. The highest BCUT2D eigenvalue weighted by Crippen LogP contribution is 2.23. The van der Waals surface area contributed by atoms with Gasteiger partial charge >= 0.3 is 11.9 Å². The molecule has 20 heavy (non-hydrogen) atoms. The number of aromatic amines is 1. The molecular weight excluding hydrogens is 273 g/mol. The van der Waals surface area contributed by atoms with E-state index in [9.17, 15) is 18.0 Å². The number of rotatable bonds is 5. The Labute approximate surface area is 113 Å². The van der Waals surface area contributed by atoms with Gasteiger partial charge in [0.2, 0.25) is 0 Å². The first-order chi connectivity index (χ1) is 9.33. The summed E-state index contributed by atoms with van der Waals surface area (Å²) in [6.07, 6.45) is -4.37. The number of hydrogen-bond acceptors (Lipinski definition) is 3. The third-order valence-electron chi connectivity index (χ3n) is 2.93. The largest absolute Gasteiger partial charge is 0.417 e. The lowest BCUT2D eigenvalue weighted by Crippen LogP contribution is -2.16. The molecule has 1 unspecified atom stereocenters. The maximum Gasteiger partial charge on any atom is 0.417 e. The molecule has 0 saturated carbocycles. The van der Waals surface area contributed by atoms with E-state index in [-0.39, 0.29) is 12.5 Å². The van der Waals surface area contributed by atoms with E-state index in [1.54, 1.807) is 18.2 Å². The first kappa shape index (κ1) is 14.5. The van der Waals surface area contributed by atoms with Gasteiger partial charge in [0, 0.05) is 18.2 Å². The quantitative estimate of drug-likeness (QED) is 0.882. The average Bonchev–Trinajstić information content (AvgIpc) is 2.66. The minimum absolute atomic E-state index is 0.0858. The molecule has 110 valence electrons. The van der Waals surface area contributed by atoms with Gasteiger partial charge in [-0.3, -0.25) is 4.98 Å². The lowest BCUT2D eigenvalue weighted by Gasteiger charge is -2.15. The number of alkyl halides is 3. The Hall–Kier alpha value is -1.92. The van der Waals surface area contributed by atoms with Crippen LogP contribution >= 0.6 is 0 Å². The van der Waals surface area contributed by atoms with Gasteiger partial charge in [0.15, 0.2) is 5.58 Å². The maximum atomic E-state index is 12.0. The van der Waals surface area contributed by atoms with E-state index >= 15 is 0 Å². The lowest BCUT2D eigenvalue weighted by molar-refractivity contribution is -0.135. The van der Waals surface area contributed by atoms with Crippen LogP contribution in [-0.2, 0) is 0 Å². The normalized spacial score (nSPS) is 13.6. The summed E-state index contributed by atoms with van der Waals surface area (Å²) in [6, 6.07) is 4.96. The molecule has 0 saturated heterocycles. The second-order valence-corrected chi connectivity index (χ2v) is 4.78. The molecule has 2 N–H and O–H groups in total. The number of anilines is 1. The number of halogens is 3. The van der Waals surface area contributed by atoms with Crippen LogP contribution < -0.4 is 11.1 Å². The molecule has 4 nitrogen and oxygen atoms in total. The number of H-pyrrole nitrogens is 1. The molecule has 1 atom stereocenters. The molecule has 1 aromatic heterocycles. The predicted molar refractivity (Wildman–Crippen MR) is 69.8 cm³/mol. The van der Waals surface area contributed by atoms with E-state index in [1.807, 2.05) is 6.92 Å².